The second kappa shape index (κ2) is 4.73. The Balaban J connectivity index is 1.86. The Bertz CT molecular complexity index is 550. The van der Waals surface area contributed by atoms with Crippen LogP contribution in [0.25, 0.3) is 5.65 Å². The molecule has 1 aliphatic rings. The van der Waals surface area contributed by atoms with Crippen molar-refractivity contribution < 1.29 is 0 Å². The van der Waals surface area contributed by atoms with Crippen molar-refractivity contribution in [1.82, 2.24) is 14.7 Å². The van der Waals surface area contributed by atoms with E-state index < -0.39 is 0 Å². The van der Waals surface area contributed by atoms with Crippen molar-refractivity contribution in [2.24, 2.45) is 0 Å². The first-order chi connectivity index (χ1) is 8.72. The number of nitrogens with zero attached hydrogens (tertiary/aromatic N) is 2. The lowest BCUT2D eigenvalue weighted by molar-refractivity contribution is 0.397. The second-order valence-electron chi connectivity index (χ2n) is 5.51. The Kier molecular flexibility index (Phi) is 3.08. The molecular weight excluding hydrogens is 222 g/mol. The molecule has 0 amide bonds. The highest BCUT2D eigenvalue weighted by Gasteiger charge is 2.15. The normalized spacial score (nSPS) is 20.4. The zero-order chi connectivity index (χ0) is 12.5. The van der Waals surface area contributed by atoms with Crippen LogP contribution in [0.4, 0.5) is 0 Å². The van der Waals surface area contributed by atoms with Crippen LogP contribution in [0.2, 0.25) is 0 Å². The van der Waals surface area contributed by atoms with Gasteiger partial charge in [0.15, 0.2) is 0 Å². The first kappa shape index (κ1) is 11.7. The number of aromatic nitrogens is 2. The molecule has 18 heavy (non-hydrogen) atoms. The number of piperidine rings is 1. The zero-order valence-electron chi connectivity index (χ0n) is 11.2. The quantitative estimate of drug-likeness (QED) is 0.878. The Morgan fingerprint density at radius 1 is 1.33 bits per heavy atom. The zero-order valence-corrected chi connectivity index (χ0v) is 11.2. The van der Waals surface area contributed by atoms with Crippen LogP contribution < -0.4 is 5.32 Å². The SMILES string of the molecule is Cc1cc(C)c2nc(C[C@@H]3CCCCN3)cn2c1. The number of hydrogen-bond acceptors (Lipinski definition) is 2. The molecule has 0 spiro atoms. The first-order valence-electron chi connectivity index (χ1n) is 6.90. The summed E-state index contributed by atoms with van der Waals surface area (Å²) in [5.74, 6) is 0. The molecule has 2 aromatic rings. The van der Waals surface area contributed by atoms with Gasteiger partial charge in [0, 0.05) is 24.9 Å². The van der Waals surface area contributed by atoms with Crippen molar-refractivity contribution in [2.75, 3.05) is 6.54 Å². The van der Waals surface area contributed by atoms with E-state index in [1.54, 1.807) is 0 Å². The van der Waals surface area contributed by atoms with E-state index in [1.165, 1.54) is 36.1 Å². The monoisotopic (exact) mass is 243 g/mol. The number of pyridine rings is 1. The van der Waals surface area contributed by atoms with Gasteiger partial charge in [-0.2, -0.15) is 0 Å². The van der Waals surface area contributed by atoms with Crippen LogP contribution in [0.15, 0.2) is 18.5 Å². The van der Waals surface area contributed by atoms with E-state index in [-0.39, 0.29) is 0 Å². The maximum atomic E-state index is 4.77. The van der Waals surface area contributed by atoms with Gasteiger partial charge in [0.25, 0.3) is 0 Å². The van der Waals surface area contributed by atoms with Crippen LogP contribution in [-0.2, 0) is 6.42 Å². The molecule has 3 heterocycles. The number of imidazole rings is 1. The first-order valence-corrected chi connectivity index (χ1v) is 6.90. The summed E-state index contributed by atoms with van der Waals surface area (Å²) in [4.78, 5) is 4.77. The van der Waals surface area contributed by atoms with Gasteiger partial charge in [-0.1, -0.05) is 12.5 Å². The van der Waals surface area contributed by atoms with Crippen LogP contribution in [0.5, 0.6) is 0 Å². The van der Waals surface area contributed by atoms with E-state index in [2.05, 4.69) is 42.0 Å². The average molecular weight is 243 g/mol. The summed E-state index contributed by atoms with van der Waals surface area (Å²) in [7, 11) is 0. The van der Waals surface area contributed by atoms with Crippen molar-refractivity contribution in [3.63, 3.8) is 0 Å². The summed E-state index contributed by atoms with van der Waals surface area (Å²) in [6.07, 6.45) is 9.36. The number of rotatable bonds is 2. The van der Waals surface area contributed by atoms with Crippen LogP contribution in [0.3, 0.4) is 0 Å². The van der Waals surface area contributed by atoms with E-state index >= 15 is 0 Å². The Morgan fingerprint density at radius 2 is 2.22 bits per heavy atom. The van der Waals surface area contributed by atoms with Crippen LogP contribution in [0.1, 0.15) is 36.1 Å². The fourth-order valence-electron chi connectivity index (χ4n) is 2.95. The molecular formula is C15H21N3. The second-order valence-corrected chi connectivity index (χ2v) is 5.51. The Labute approximate surface area is 108 Å². The molecule has 1 N–H and O–H groups in total. The Morgan fingerprint density at radius 3 is 3.00 bits per heavy atom. The average Bonchev–Trinajstić information content (AvgIpc) is 2.73. The fourth-order valence-corrected chi connectivity index (χ4v) is 2.95. The largest absolute Gasteiger partial charge is 0.314 e. The standard InChI is InChI=1S/C15H21N3/c1-11-7-12(2)15-17-14(10-18(15)9-11)8-13-5-3-4-6-16-13/h7,9-10,13,16H,3-6,8H2,1-2H3/t13-/m0/s1. The van der Waals surface area contributed by atoms with E-state index in [0.717, 1.165) is 18.6 Å². The molecule has 0 unspecified atom stereocenters. The predicted octanol–water partition coefficient (Wildman–Crippen LogP) is 2.64. The molecule has 0 saturated carbocycles. The van der Waals surface area contributed by atoms with Crippen molar-refractivity contribution in [3.8, 4) is 0 Å². The number of fused-ring (bicyclic) bond motifs is 1. The molecule has 3 heteroatoms. The minimum absolute atomic E-state index is 0.616. The minimum Gasteiger partial charge on any atom is -0.314 e. The topological polar surface area (TPSA) is 29.3 Å². The molecule has 3 nitrogen and oxygen atoms in total. The van der Waals surface area contributed by atoms with Crippen molar-refractivity contribution in [2.45, 2.75) is 45.6 Å². The third-order valence-corrected chi connectivity index (χ3v) is 3.79. The predicted molar refractivity (Wildman–Crippen MR) is 74.0 cm³/mol. The highest BCUT2D eigenvalue weighted by atomic mass is 15.0. The molecule has 1 saturated heterocycles. The lowest BCUT2D eigenvalue weighted by Gasteiger charge is -2.22. The molecule has 1 atom stereocenters. The molecule has 1 fully saturated rings. The third-order valence-electron chi connectivity index (χ3n) is 3.79. The summed E-state index contributed by atoms with van der Waals surface area (Å²) in [5.41, 5.74) is 4.87. The molecule has 1 aliphatic heterocycles. The lowest BCUT2D eigenvalue weighted by atomic mass is 10.0. The highest BCUT2D eigenvalue weighted by molar-refractivity contribution is 5.49. The van der Waals surface area contributed by atoms with Gasteiger partial charge in [0.1, 0.15) is 5.65 Å². The van der Waals surface area contributed by atoms with Gasteiger partial charge in [-0.3, -0.25) is 0 Å². The summed E-state index contributed by atoms with van der Waals surface area (Å²) >= 11 is 0. The third kappa shape index (κ3) is 2.27. The molecule has 0 aliphatic carbocycles. The molecule has 0 bridgehead atoms. The van der Waals surface area contributed by atoms with Gasteiger partial charge in [0.2, 0.25) is 0 Å². The smallest absolute Gasteiger partial charge is 0.139 e. The van der Waals surface area contributed by atoms with E-state index in [4.69, 9.17) is 4.98 Å². The summed E-state index contributed by atoms with van der Waals surface area (Å²) in [6.45, 7) is 5.43. The number of hydrogen-bond donors (Lipinski definition) is 1. The number of aryl methyl sites for hydroxylation is 2. The highest BCUT2D eigenvalue weighted by Crippen LogP contribution is 2.16. The van der Waals surface area contributed by atoms with Gasteiger partial charge in [-0.25, -0.2) is 4.98 Å². The molecule has 2 aromatic heterocycles. The van der Waals surface area contributed by atoms with E-state index in [9.17, 15) is 0 Å². The van der Waals surface area contributed by atoms with Crippen molar-refractivity contribution in [1.29, 1.82) is 0 Å². The van der Waals surface area contributed by atoms with Gasteiger partial charge in [0.05, 0.1) is 5.69 Å². The fraction of sp³-hybridized carbons (Fsp3) is 0.533. The molecule has 96 valence electrons. The van der Waals surface area contributed by atoms with E-state index in [0.29, 0.717) is 6.04 Å². The van der Waals surface area contributed by atoms with Gasteiger partial charge in [-0.05, 0) is 44.4 Å². The van der Waals surface area contributed by atoms with Crippen LogP contribution in [-0.4, -0.2) is 22.0 Å². The van der Waals surface area contributed by atoms with Crippen LogP contribution in [0, 0.1) is 13.8 Å². The maximum Gasteiger partial charge on any atom is 0.139 e. The molecule has 3 rings (SSSR count). The minimum atomic E-state index is 0.616. The maximum absolute atomic E-state index is 4.77. The lowest BCUT2D eigenvalue weighted by Crippen LogP contribution is -2.35. The summed E-state index contributed by atoms with van der Waals surface area (Å²) < 4.78 is 2.17. The van der Waals surface area contributed by atoms with Gasteiger partial charge >= 0.3 is 0 Å². The van der Waals surface area contributed by atoms with Gasteiger partial charge < -0.3 is 9.72 Å². The number of nitrogens with one attached hydrogen (secondary N) is 1. The van der Waals surface area contributed by atoms with Crippen LogP contribution >= 0.6 is 0 Å². The van der Waals surface area contributed by atoms with E-state index in [1.807, 2.05) is 0 Å². The summed E-state index contributed by atoms with van der Waals surface area (Å²) in [6, 6.07) is 2.82. The molecule has 0 aromatic carbocycles. The summed E-state index contributed by atoms with van der Waals surface area (Å²) in [5, 5.41) is 3.59. The van der Waals surface area contributed by atoms with Crippen molar-refractivity contribution in [3.05, 3.63) is 35.3 Å². The molecule has 0 radical (unpaired) electrons. The van der Waals surface area contributed by atoms with Gasteiger partial charge in [-0.15, -0.1) is 0 Å². The van der Waals surface area contributed by atoms with Crippen molar-refractivity contribution >= 4 is 5.65 Å². The Hall–Kier alpha value is -1.35.